The number of carbonyl (C=O) groups is 1. The number of alkyl halides is 1. The number of rotatable bonds is 41. The zero-order valence-corrected chi connectivity index (χ0v) is 51.3. The third-order valence-corrected chi connectivity index (χ3v) is 12.1. The molecule has 4 aromatic heterocycles. The summed E-state index contributed by atoms with van der Waals surface area (Å²) in [6, 6.07) is 14.7. The number of aryl methyl sites for hydroxylation is 1. The molecule has 9 heteroatoms. The van der Waals surface area contributed by atoms with Crippen molar-refractivity contribution in [2.75, 3.05) is 5.33 Å². The van der Waals surface area contributed by atoms with Crippen molar-refractivity contribution in [1.29, 1.82) is 0 Å². The van der Waals surface area contributed by atoms with Crippen molar-refractivity contribution in [3.63, 3.8) is 0 Å². The van der Waals surface area contributed by atoms with Crippen LogP contribution in [0.1, 0.15) is 245 Å². The molecule has 1 N–H and O–H groups in total. The zero-order valence-electron chi connectivity index (χ0n) is 49.8. The summed E-state index contributed by atoms with van der Waals surface area (Å²) in [5.74, 6) is 0.460. The minimum absolute atomic E-state index is 0. The Morgan fingerprint density at radius 3 is 1.09 bits per heavy atom. The Bertz CT molecular complexity index is 1600. The summed E-state index contributed by atoms with van der Waals surface area (Å²) >= 11 is 3.47. The van der Waals surface area contributed by atoms with Crippen LogP contribution in [0.15, 0.2) is 170 Å². The first-order valence-electron chi connectivity index (χ1n) is 29.6. The minimum Gasteiger partial charge on any atom is -0.599 e. The van der Waals surface area contributed by atoms with Crippen LogP contribution in [0.4, 0.5) is 0 Å². The molecule has 0 unspecified atom stereocenters. The van der Waals surface area contributed by atoms with Gasteiger partial charge in [0.2, 0.25) is 0 Å². The fourth-order valence-corrected chi connectivity index (χ4v) is 7.58. The van der Waals surface area contributed by atoms with Gasteiger partial charge in [0.25, 0.3) is 0 Å². The topological polar surface area (TPSA) is 89.9 Å². The summed E-state index contributed by atoms with van der Waals surface area (Å²) in [5, 5.41) is 9.67. The third-order valence-electron chi connectivity index (χ3n) is 11.6. The van der Waals surface area contributed by atoms with Crippen LogP contribution < -0.4 is 37.7 Å². The number of hydrogen-bond acceptors (Lipinski definition) is 5. The SMILES string of the molecule is CCCCC/C=C\C/C=C\CCCCCCCBr.CCCCC/C=C\C/C=C\CCCCCCCC(=O)O.CCCCC/C=C\C/C=C\CCCCCCCc1ccco1.[Li+].[Li+].[c-]1ccco1.[c-]1ccco1.c1ccoc1. The van der Waals surface area contributed by atoms with Crippen molar-refractivity contribution in [1.82, 2.24) is 0 Å². The fourth-order valence-electron chi connectivity index (χ4n) is 7.18. The van der Waals surface area contributed by atoms with E-state index in [0.717, 1.165) is 56.0 Å². The first kappa shape index (κ1) is 80.2. The fraction of sp³-hybridized carbons (Fsp3) is 0.574. The number of unbranched alkanes of at least 4 members (excludes halogenated alkanes) is 24. The van der Waals surface area contributed by atoms with Crippen LogP contribution in [0, 0.1) is 12.5 Å². The largest absolute Gasteiger partial charge is 1.00 e. The number of allylic oxidation sites excluding steroid dienone is 12. The van der Waals surface area contributed by atoms with Crippen molar-refractivity contribution in [2.45, 2.75) is 245 Å². The summed E-state index contributed by atoms with van der Waals surface area (Å²) < 4.78 is 18.8. The quantitative estimate of drug-likeness (QED) is 0.0157. The van der Waals surface area contributed by atoms with E-state index in [1.165, 1.54) is 173 Å². The van der Waals surface area contributed by atoms with Crippen LogP contribution in [0.3, 0.4) is 0 Å². The van der Waals surface area contributed by atoms with E-state index < -0.39 is 5.97 Å². The molecule has 0 amide bonds. The maximum Gasteiger partial charge on any atom is 1.00 e. The molecule has 77 heavy (non-hydrogen) atoms. The average molecular weight is 1110 g/mol. The summed E-state index contributed by atoms with van der Waals surface area (Å²) in [5.41, 5.74) is 0. The molecule has 0 saturated carbocycles. The summed E-state index contributed by atoms with van der Waals surface area (Å²) in [7, 11) is 0. The number of furan rings is 4. The van der Waals surface area contributed by atoms with Gasteiger partial charge in [0.05, 0.1) is 18.8 Å². The van der Waals surface area contributed by atoms with Crippen LogP contribution in [0.2, 0.25) is 0 Å². The Kier molecular flexibility index (Phi) is 80.1. The van der Waals surface area contributed by atoms with E-state index in [1.54, 1.807) is 55.6 Å². The Labute approximate surface area is 505 Å². The van der Waals surface area contributed by atoms with Crippen molar-refractivity contribution in [3.8, 4) is 0 Å². The maximum absolute atomic E-state index is 10.3. The normalized spacial score (nSPS) is 10.8. The molecule has 0 radical (unpaired) electrons. The van der Waals surface area contributed by atoms with Crippen LogP contribution in [0.25, 0.3) is 0 Å². The first-order valence-corrected chi connectivity index (χ1v) is 30.7. The third kappa shape index (κ3) is 79.3. The molecule has 0 aliphatic carbocycles. The van der Waals surface area contributed by atoms with Crippen LogP contribution in [-0.2, 0) is 11.2 Å². The summed E-state index contributed by atoms with van der Waals surface area (Å²) in [6.45, 7) is 6.75. The van der Waals surface area contributed by atoms with Crippen LogP contribution in [0.5, 0.6) is 0 Å². The molecule has 0 bridgehead atoms. The van der Waals surface area contributed by atoms with Gasteiger partial charge in [0, 0.05) is 18.2 Å². The van der Waals surface area contributed by atoms with E-state index in [-0.39, 0.29) is 37.7 Å². The van der Waals surface area contributed by atoms with Gasteiger partial charge >= 0.3 is 43.7 Å². The molecule has 6 nitrogen and oxygen atoms in total. The van der Waals surface area contributed by atoms with Gasteiger partial charge in [-0.3, -0.25) is 4.79 Å². The number of carboxylic acids is 1. The predicted molar refractivity (Wildman–Crippen MR) is 326 cm³/mol. The molecule has 0 aromatic carbocycles. The van der Waals surface area contributed by atoms with Gasteiger partial charge in [-0.2, -0.15) is 12.1 Å². The number of aliphatic carboxylic acids is 1. The summed E-state index contributed by atoms with van der Waals surface area (Å²) in [4.78, 5) is 10.3. The predicted octanol–water partition coefficient (Wildman–Crippen LogP) is 17.4. The second kappa shape index (κ2) is 76.9. The van der Waals surface area contributed by atoms with E-state index in [4.69, 9.17) is 9.52 Å². The smallest absolute Gasteiger partial charge is 0.599 e. The second-order valence-corrected chi connectivity index (χ2v) is 19.4. The molecule has 0 atom stereocenters. The van der Waals surface area contributed by atoms with Gasteiger partial charge in [0.15, 0.2) is 0 Å². The van der Waals surface area contributed by atoms with Gasteiger partial charge in [-0.1, -0.05) is 218 Å². The maximum atomic E-state index is 10.3. The van der Waals surface area contributed by atoms with Crippen molar-refractivity contribution in [2.24, 2.45) is 0 Å². The molecule has 0 aliphatic rings. The first-order chi connectivity index (χ1) is 37.1. The molecule has 4 rings (SSSR count). The average Bonchev–Trinajstić information content (AvgIpc) is 4.30. The molecule has 0 saturated heterocycles. The minimum atomic E-state index is -0.671. The molecule has 4 heterocycles. The van der Waals surface area contributed by atoms with E-state index in [1.807, 2.05) is 18.2 Å². The van der Waals surface area contributed by atoms with E-state index in [9.17, 15) is 4.79 Å². The van der Waals surface area contributed by atoms with Crippen molar-refractivity contribution in [3.05, 3.63) is 171 Å². The molecule has 0 aliphatic heterocycles. The monoisotopic (exact) mass is 1110 g/mol. The number of hydrogen-bond donors (Lipinski definition) is 1. The second-order valence-electron chi connectivity index (χ2n) is 18.6. The van der Waals surface area contributed by atoms with Gasteiger partial charge in [0.1, 0.15) is 5.76 Å². The zero-order chi connectivity index (χ0) is 54.5. The van der Waals surface area contributed by atoms with Crippen molar-refractivity contribution >= 4 is 21.9 Å². The van der Waals surface area contributed by atoms with E-state index >= 15 is 0 Å². The molecule has 0 fully saturated rings. The Hall–Kier alpha value is -3.30. The molecular weight excluding hydrogens is 1010 g/mol. The number of halogens is 1. The molecule has 4 aromatic rings. The van der Waals surface area contributed by atoms with Gasteiger partial charge in [-0.05, 0) is 152 Å². The van der Waals surface area contributed by atoms with Crippen LogP contribution in [-0.4, -0.2) is 16.4 Å². The van der Waals surface area contributed by atoms with Crippen LogP contribution >= 0.6 is 15.9 Å². The van der Waals surface area contributed by atoms with Crippen molar-refractivity contribution < 1.29 is 65.3 Å². The Morgan fingerprint density at radius 2 is 0.805 bits per heavy atom. The Morgan fingerprint density at radius 1 is 0.442 bits per heavy atom. The Balaban J connectivity index is -0.000000449. The van der Waals surface area contributed by atoms with Gasteiger partial charge in [-0.15, -0.1) is 12.1 Å². The molecule has 424 valence electrons. The number of carboxylic acid groups (broad SMARTS) is 1. The van der Waals surface area contributed by atoms with Gasteiger partial charge in [-0.25, -0.2) is 0 Å². The van der Waals surface area contributed by atoms with E-state index in [2.05, 4.69) is 141 Å². The molecular formula is C68H107BrLi2O6. The summed E-state index contributed by atoms with van der Waals surface area (Å²) in [6.07, 6.45) is 83.9. The van der Waals surface area contributed by atoms with E-state index in [0.29, 0.717) is 6.42 Å². The standard InChI is InChI=1S/C21H34O.C18H32O2.C17H31Br.C4H4O.2C4H3O.2Li/c1-2-3-4-5-6-7-8-9-10-11-12-13-14-15-16-18-21-19-17-20-22-21;1-2-3-4-5-6-7-8-9-10-11-12-13-14-15-16-17-18(19)20;1-2-3-4-5-6-7-8-9-10-11-12-13-14-15-16-17-18;3*1-2-4-5-3-1;;/h6-7,9-10,17,19-20H,2-5,8,11-16,18H2,1H3;6-7,9-10H,2-5,8,11-17H2,1H3,(H,19,20);6-7,9-10H,2-5,8,11-17H2,1H3;1-4H;2*1-3H;;/q;;;;2*-1;2*+1/b3*7-6-,10-9-;;;;;. The van der Waals surface area contributed by atoms with Gasteiger partial charge < -0.3 is 22.8 Å². The molecule has 0 spiro atoms.